The third kappa shape index (κ3) is 4.43. The number of benzene rings is 1. The summed E-state index contributed by atoms with van der Waals surface area (Å²) in [6.45, 7) is 4.26. The fourth-order valence-electron chi connectivity index (χ4n) is 1.87. The van der Waals surface area contributed by atoms with Crippen LogP contribution in [-0.2, 0) is 4.79 Å². The monoisotopic (exact) mass is 302 g/mol. The zero-order valence-corrected chi connectivity index (χ0v) is 12.9. The molecule has 0 unspecified atom stereocenters. The summed E-state index contributed by atoms with van der Waals surface area (Å²) in [5, 5.41) is 9.24. The minimum atomic E-state index is -0.143. The van der Waals surface area contributed by atoms with Crippen LogP contribution in [-0.4, -0.2) is 18.4 Å². The number of rotatable bonds is 5. The van der Waals surface area contributed by atoms with Gasteiger partial charge in [0.2, 0.25) is 5.91 Å². The van der Waals surface area contributed by atoms with E-state index in [1.54, 1.807) is 11.4 Å². The maximum atomic E-state index is 11.9. The predicted octanol–water partition coefficient (Wildman–Crippen LogP) is 3.12. The number of hydrogen-bond donors (Lipinski definition) is 2. The largest absolute Gasteiger partial charge is 0.351 e. The molecule has 0 aliphatic carbocycles. The topological polar surface area (TPSA) is 58.2 Å². The molecule has 1 heterocycles. The molecule has 0 radical (unpaired) electrons. The third-order valence-electron chi connectivity index (χ3n) is 3.09. The molecule has 21 heavy (non-hydrogen) atoms. The van der Waals surface area contributed by atoms with Gasteiger partial charge in [-0.05, 0) is 42.5 Å². The van der Waals surface area contributed by atoms with E-state index in [0.29, 0.717) is 12.1 Å². The van der Waals surface area contributed by atoms with E-state index in [0.717, 1.165) is 16.8 Å². The van der Waals surface area contributed by atoms with Gasteiger partial charge in [-0.1, -0.05) is 12.1 Å². The van der Waals surface area contributed by atoms with Crippen molar-refractivity contribution < 1.29 is 9.59 Å². The van der Waals surface area contributed by atoms with Gasteiger partial charge in [-0.15, -0.1) is 0 Å². The Morgan fingerprint density at radius 2 is 2.00 bits per heavy atom. The quantitative estimate of drug-likeness (QED) is 0.891. The van der Waals surface area contributed by atoms with Gasteiger partial charge in [-0.25, -0.2) is 0 Å². The molecule has 0 saturated heterocycles. The minimum Gasteiger partial charge on any atom is -0.351 e. The Morgan fingerprint density at radius 1 is 1.19 bits per heavy atom. The second-order valence-corrected chi connectivity index (χ2v) is 5.66. The minimum absolute atomic E-state index is 0.102. The normalized spacial score (nSPS) is 10.2. The van der Waals surface area contributed by atoms with Crippen LogP contribution in [0.4, 0.5) is 5.69 Å². The molecular formula is C16H18N2O2S. The van der Waals surface area contributed by atoms with Gasteiger partial charge in [-0.2, -0.15) is 11.3 Å². The number of carbonyl (C=O) groups is 2. The third-order valence-corrected chi connectivity index (χ3v) is 3.77. The highest BCUT2D eigenvalue weighted by atomic mass is 32.1. The summed E-state index contributed by atoms with van der Waals surface area (Å²) in [5.74, 6) is -0.245. The van der Waals surface area contributed by atoms with E-state index in [2.05, 4.69) is 10.6 Å². The van der Waals surface area contributed by atoms with E-state index in [4.69, 9.17) is 0 Å². The van der Waals surface area contributed by atoms with E-state index in [9.17, 15) is 9.59 Å². The van der Waals surface area contributed by atoms with Crippen LogP contribution in [0.5, 0.6) is 0 Å². The van der Waals surface area contributed by atoms with Gasteiger partial charge >= 0.3 is 0 Å². The first kappa shape index (κ1) is 15.3. The first-order valence-electron chi connectivity index (χ1n) is 6.74. The molecule has 2 aromatic rings. The Morgan fingerprint density at radius 3 is 2.71 bits per heavy atom. The highest BCUT2D eigenvalue weighted by Gasteiger charge is 2.08. The van der Waals surface area contributed by atoms with E-state index in [1.165, 1.54) is 11.3 Å². The molecule has 1 aromatic carbocycles. The molecule has 0 bridgehead atoms. The number of thiophene rings is 1. The first-order valence-corrected chi connectivity index (χ1v) is 7.68. The second-order valence-electron chi connectivity index (χ2n) is 4.88. The SMILES string of the molecule is Cc1ccc(C)c(NC(=O)CCNC(=O)c2ccsc2)c1. The summed E-state index contributed by atoms with van der Waals surface area (Å²) in [4.78, 5) is 23.6. The molecule has 0 aliphatic heterocycles. The van der Waals surface area contributed by atoms with Crippen LogP contribution < -0.4 is 10.6 Å². The summed E-state index contributed by atoms with van der Waals surface area (Å²) in [7, 11) is 0. The van der Waals surface area contributed by atoms with Crippen molar-refractivity contribution in [1.29, 1.82) is 0 Å². The van der Waals surface area contributed by atoms with Crippen molar-refractivity contribution in [2.75, 3.05) is 11.9 Å². The maximum Gasteiger partial charge on any atom is 0.252 e. The van der Waals surface area contributed by atoms with Crippen molar-refractivity contribution in [1.82, 2.24) is 5.32 Å². The Labute approximate surface area is 128 Å². The average molecular weight is 302 g/mol. The van der Waals surface area contributed by atoms with Crippen molar-refractivity contribution in [2.45, 2.75) is 20.3 Å². The van der Waals surface area contributed by atoms with Crippen LogP contribution in [0.2, 0.25) is 0 Å². The maximum absolute atomic E-state index is 11.9. The van der Waals surface area contributed by atoms with Crippen LogP contribution in [0, 0.1) is 13.8 Å². The highest BCUT2D eigenvalue weighted by molar-refractivity contribution is 7.08. The summed E-state index contributed by atoms with van der Waals surface area (Å²) < 4.78 is 0. The Balaban J connectivity index is 1.80. The molecule has 1 aromatic heterocycles. The van der Waals surface area contributed by atoms with Crippen LogP contribution in [0.3, 0.4) is 0 Å². The lowest BCUT2D eigenvalue weighted by Crippen LogP contribution is -2.27. The summed E-state index contributed by atoms with van der Waals surface area (Å²) in [5.41, 5.74) is 3.58. The number of hydrogen-bond acceptors (Lipinski definition) is 3. The molecule has 2 rings (SSSR count). The molecular weight excluding hydrogens is 284 g/mol. The molecule has 2 N–H and O–H groups in total. The van der Waals surface area contributed by atoms with Crippen LogP contribution >= 0.6 is 11.3 Å². The predicted molar refractivity (Wildman–Crippen MR) is 85.8 cm³/mol. The lowest BCUT2D eigenvalue weighted by molar-refractivity contribution is -0.116. The average Bonchev–Trinajstić information content (AvgIpc) is 2.97. The van der Waals surface area contributed by atoms with Gasteiger partial charge in [0.15, 0.2) is 0 Å². The molecule has 0 atom stereocenters. The first-order chi connectivity index (χ1) is 10.1. The second kappa shape index (κ2) is 7.04. The molecule has 110 valence electrons. The molecule has 0 fully saturated rings. The van der Waals surface area contributed by atoms with Gasteiger partial charge in [-0.3, -0.25) is 9.59 Å². The van der Waals surface area contributed by atoms with Crippen molar-refractivity contribution in [2.24, 2.45) is 0 Å². The lowest BCUT2D eigenvalue weighted by atomic mass is 10.1. The van der Waals surface area contributed by atoms with Gasteiger partial charge in [0.1, 0.15) is 0 Å². The van der Waals surface area contributed by atoms with Crippen LogP contribution in [0.15, 0.2) is 35.0 Å². The van der Waals surface area contributed by atoms with Gasteiger partial charge in [0, 0.05) is 29.6 Å². The highest BCUT2D eigenvalue weighted by Crippen LogP contribution is 2.16. The molecule has 2 amide bonds. The van der Waals surface area contributed by atoms with E-state index >= 15 is 0 Å². The fraction of sp³-hybridized carbons (Fsp3) is 0.250. The number of carbonyl (C=O) groups excluding carboxylic acids is 2. The molecule has 4 nitrogen and oxygen atoms in total. The number of anilines is 1. The lowest BCUT2D eigenvalue weighted by Gasteiger charge is -2.09. The number of amides is 2. The molecule has 5 heteroatoms. The van der Waals surface area contributed by atoms with Crippen molar-refractivity contribution in [3.8, 4) is 0 Å². The van der Waals surface area contributed by atoms with Crippen LogP contribution in [0.1, 0.15) is 27.9 Å². The van der Waals surface area contributed by atoms with Crippen molar-refractivity contribution in [3.05, 3.63) is 51.7 Å². The standard InChI is InChI=1S/C16H18N2O2S/c1-11-3-4-12(2)14(9-11)18-15(19)5-7-17-16(20)13-6-8-21-10-13/h3-4,6,8-10H,5,7H2,1-2H3,(H,17,20)(H,18,19). The molecule has 0 spiro atoms. The van der Waals surface area contributed by atoms with Crippen molar-refractivity contribution in [3.63, 3.8) is 0 Å². The smallest absolute Gasteiger partial charge is 0.252 e. The number of nitrogens with one attached hydrogen (secondary N) is 2. The van der Waals surface area contributed by atoms with Crippen molar-refractivity contribution >= 4 is 28.8 Å². The Hall–Kier alpha value is -2.14. The molecule has 0 saturated carbocycles. The summed E-state index contributed by atoms with van der Waals surface area (Å²) >= 11 is 1.47. The van der Waals surface area contributed by atoms with Gasteiger partial charge in [0.25, 0.3) is 5.91 Å². The fourth-order valence-corrected chi connectivity index (χ4v) is 2.50. The zero-order chi connectivity index (χ0) is 15.2. The van der Waals surface area contributed by atoms with Gasteiger partial charge < -0.3 is 10.6 Å². The summed E-state index contributed by atoms with van der Waals surface area (Å²) in [6.07, 6.45) is 0.253. The summed E-state index contributed by atoms with van der Waals surface area (Å²) in [6, 6.07) is 7.68. The van der Waals surface area contributed by atoms with Gasteiger partial charge in [0.05, 0.1) is 0 Å². The van der Waals surface area contributed by atoms with E-state index in [1.807, 2.05) is 37.4 Å². The Kier molecular flexibility index (Phi) is 5.11. The Bertz CT molecular complexity index is 636. The van der Waals surface area contributed by atoms with E-state index in [-0.39, 0.29) is 18.2 Å². The van der Waals surface area contributed by atoms with Crippen LogP contribution in [0.25, 0.3) is 0 Å². The molecule has 0 aliphatic rings. The zero-order valence-electron chi connectivity index (χ0n) is 12.1. The number of aryl methyl sites for hydroxylation is 2. The van der Waals surface area contributed by atoms with E-state index < -0.39 is 0 Å².